The molecule has 4 rings (SSSR count). The van der Waals surface area contributed by atoms with Gasteiger partial charge in [-0.15, -0.1) is 4.83 Å². The lowest BCUT2D eigenvalue weighted by Crippen LogP contribution is -2.52. The summed E-state index contributed by atoms with van der Waals surface area (Å²) in [6.07, 6.45) is 2.46. The van der Waals surface area contributed by atoms with Gasteiger partial charge in [-0.25, -0.2) is 13.4 Å². The summed E-state index contributed by atoms with van der Waals surface area (Å²) in [4.78, 5) is 19.7. The average Bonchev–Trinajstić information content (AvgIpc) is 2.71. The highest BCUT2D eigenvalue weighted by atomic mass is 32.2. The summed E-state index contributed by atoms with van der Waals surface area (Å²) in [5.74, 6) is -0.445. The van der Waals surface area contributed by atoms with Gasteiger partial charge in [-0.2, -0.15) is 0 Å². The molecule has 142 valence electrons. The second-order valence-electron chi connectivity index (χ2n) is 6.46. The van der Waals surface area contributed by atoms with Crippen molar-refractivity contribution in [3.8, 4) is 0 Å². The van der Waals surface area contributed by atoms with Crippen LogP contribution in [0.3, 0.4) is 0 Å². The van der Waals surface area contributed by atoms with E-state index in [1.54, 1.807) is 54.9 Å². The largest absolute Gasteiger partial charge is 0.360 e. The normalized spacial score (nSPS) is 16.4. The van der Waals surface area contributed by atoms with E-state index in [2.05, 4.69) is 15.1 Å². The lowest BCUT2D eigenvalue weighted by atomic mass is 10.1. The highest BCUT2D eigenvalue weighted by Crippen LogP contribution is 2.32. The predicted octanol–water partition coefficient (Wildman–Crippen LogP) is 2.85. The van der Waals surface area contributed by atoms with E-state index in [1.807, 2.05) is 13.0 Å². The van der Waals surface area contributed by atoms with Gasteiger partial charge >= 0.3 is 0 Å². The highest BCUT2D eigenvalue weighted by molar-refractivity contribution is 7.89. The summed E-state index contributed by atoms with van der Waals surface area (Å²) < 4.78 is 25.8. The maximum absolute atomic E-state index is 13.1. The lowest BCUT2D eigenvalue weighted by Gasteiger charge is -2.37. The molecule has 2 N–H and O–H groups in total. The first kappa shape index (κ1) is 18.1. The minimum Gasteiger partial charge on any atom is -0.360 e. The number of sulfonamides is 1. The number of nitrogens with zero attached hydrogens (tertiary/aromatic N) is 2. The van der Waals surface area contributed by atoms with Crippen molar-refractivity contribution in [2.45, 2.75) is 18.0 Å². The van der Waals surface area contributed by atoms with Gasteiger partial charge in [-0.1, -0.05) is 35.9 Å². The zero-order chi connectivity index (χ0) is 19.7. The number of hydrogen-bond donors (Lipinski definition) is 2. The van der Waals surface area contributed by atoms with Crippen molar-refractivity contribution in [2.24, 2.45) is 0 Å². The van der Waals surface area contributed by atoms with Crippen molar-refractivity contribution >= 4 is 21.6 Å². The fraction of sp³-hybridized carbons (Fsp3) is 0.100. The molecule has 0 saturated heterocycles. The number of rotatable bonds is 4. The van der Waals surface area contributed by atoms with Gasteiger partial charge in [0.1, 0.15) is 6.17 Å². The van der Waals surface area contributed by atoms with E-state index < -0.39 is 22.1 Å². The third-order valence-corrected chi connectivity index (χ3v) is 5.81. The molecule has 1 unspecified atom stereocenters. The molecule has 1 aromatic heterocycles. The number of nitrogens with one attached hydrogen (secondary N) is 2. The molecule has 1 amide bonds. The summed E-state index contributed by atoms with van der Waals surface area (Å²) in [5, 5.41) is 4.31. The molecule has 8 heteroatoms. The Hall–Kier alpha value is -3.23. The third kappa shape index (κ3) is 3.35. The van der Waals surface area contributed by atoms with Gasteiger partial charge in [-0.05, 0) is 37.3 Å². The molecular formula is C20H18N4O3S. The molecule has 3 aromatic rings. The van der Waals surface area contributed by atoms with Crippen LogP contribution in [0.4, 0.5) is 5.69 Å². The number of benzene rings is 2. The molecule has 0 aliphatic carbocycles. The molecule has 1 atom stereocenters. The van der Waals surface area contributed by atoms with Crippen LogP contribution in [0.15, 0.2) is 78.0 Å². The van der Waals surface area contributed by atoms with E-state index in [-0.39, 0.29) is 4.90 Å². The average molecular weight is 394 g/mol. The number of hydrogen-bond acceptors (Lipinski definition) is 5. The maximum atomic E-state index is 13.1. The van der Waals surface area contributed by atoms with Crippen LogP contribution in [0.2, 0.25) is 0 Å². The van der Waals surface area contributed by atoms with Crippen molar-refractivity contribution < 1.29 is 13.2 Å². The Morgan fingerprint density at radius 1 is 1.04 bits per heavy atom. The van der Waals surface area contributed by atoms with Gasteiger partial charge < -0.3 is 5.32 Å². The van der Waals surface area contributed by atoms with Crippen LogP contribution in [-0.4, -0.2) is 24.3 Å². The van der Waals surface area contributed by atoms with Crippen molar-refractivity contribution in [2.75, 3.05) is 5.32 Å². The third-order valence-electron chi connectivity index (χ3n) is 4.48. The first-order valence-electron chi connectivity index (χ1n) is 8.64. The zero-order valence-electron chi connectivity index (χ0n) is 15.0. The fourth-order valence-electron chi connectivity index (χ4n) is 3.02. The van der Waals surface area contributed by atoms with Crippen LogP contribution in [-0.2, 0) is 10.0 Å². The summed E-state index contributed by atoms with van der Waals surface area (Å²) in [6.45, 7) is 1.87. The highest BCUT2D eigenvalue weighted by Gasteiger charge is 2.36. The molecule has 1 aliphatic heterocycles. The number of fused-ring (bicyclic) bond motifs is 1. The Labute approximate surface area is 163 Å². The van der Waals surface area contributed by atoms with Gasteiger partial charge in [0.05, 0.1) is 10.5 Å². The standard InChI is InChI=1S/C20H18N4O3S/c1-14-8-10-16(11-9-14)28(26,27)23-24-19(15-5-4-12-21-13-15)22-18-7-3-2-6-17(18)20(24)25/h2-13,19,22-23H,1H3. The van der Waals surface area contributed by atoms with Crippen LogP contribution in [0.25, 0.3) is 0 Å². The number of amides is 1. The van der Waals surface area contributed by atoms with Crippen LogP contribution < -0.4 is 10.1 Å². The topological polar surface area (TPSA) is 91.4 Å². The molecule has 0 radical (unpaired) electrons. The second-order valence-corrected chi connectivity index (χ2v) is 8.12. The Balaban J connectivity index is 1.75. The molecule has 0 spiro atoms. The Kier molecular flexibility index (Phi) is 4.58. The van der Waals surface area contributed by atoms with Gasteiger partial charge in [0.2, 0.25) is 0 Å². The van der Waals surface area contributed by atoms with E-state index in [1.165, 1.54) is 12.1 Å². The van der Waals surface area contributed by atoms with Gasteiger partial charge in [0.15, 0.2) is 0 Å². The number of carbonyl (C=O) groups excluding carboxylic acids is 1. The Bertz CT molecular complexity index is 1120. The molecule has 28 heavy (non-hydrogen) atoms. The molecule has 0 bridgehead atoms. The van der Waals surface area contributed by atoms with E-state index in [0.29, 0.717) is 16.8 Å². The van der Waals surface area contributed by atoms with Crippen molar-refractivity contribution in [1.29, 1.82) is 0 Å². The van der Waals surface area contributed by atoms with Crippen molar-refractivity contribution in [3.05, 3.63) is 89.7 Å². The predicted molar refractivity (Wildman–Crippen MR) is 105 cm³/mol. The minimum atomic E-state index is -3.96. The molecule has 0 saturated carbocycles. The Morgan fingerprint density at radius 2 is 1.79 bits per heavy atom. The number of carbonyl (C=O) groups is 1. The SMILES string of the molecule is Cc1ccc(S(=O)(=O)NN2C(=O)c3ccccc3NC2c2cccnc2)cc1. The minimum absolute atomic E-state index is 0.0784. The summed E-state index contributed by atoms with van der Waals surface area (Å²) >= 11 is 0. The maximum Gasteiger partial charge on any atom is 0.273 e. The van der Waals surface area contributed by atoms with E-state index in [9.17, 15) is 13.2 Å². The summed E-state index contributed by atoms with van der Waals surface area (Å²) in [6, 6.07) is 16.9. The quantitative estimate of drug-likeness (QED) is 0.710. The van der Waals surface area contributed by atoms with Crippen LogP contribution in [0.5, 0.6) is 0 Å². The van der Waals surface area contributed by atoms with Crippen LogP contribution in [0.1, 0.15) is 27.7 Å². The van der Waals surface area contributed by atoms with Gasteiger partial charge in [-0.3, -0.25) is 9.78 Å². The number of aryl methyl sites for hydroxylation is 1. The van der Waals surface area contributed by atoms with Crippen LogP contribution >= 0.6 is 0 Å². The van der Waals surface area contributed by atoms with E-state index in [0.717, 1.165) is 10.6 Å². The first-order chi connectivity index (χ1) is 13.5. The number of para-hydroxylation sites is 1. The second kappa shape index (κ2) is 7.06. The number of hydrazine groups is 1. The molecule has 1 aliphatic rings. The summed E-state index contributed by atoms with van der Waals surface area (Å²) in [5.41, 5.74) is 2.61. The van der Waals surface area contributed by atoms with E-state index in [4.69, 9.17) is 0 Å². The van der Waals surface area contributed by atoms with Gasteiger partial charge in [0.25, 0.3) is 15.9 Å². The van der Waals surface area contributed by atoms with Crippen molar-refractivity contribution in [1.82, 2.24) is 14.8 Å². The van der Waals surface area contributed by atoms with Crippen molar-refractivity contribution in [3.63, 3.8) is 0 Å². The Morgan fingerprint density at radius 3 is 2.50 bits per heavy atom. The van der Waals surface area contributed by atoms with Gasteiger partial charge in [0, 0.05) is 23.6 Å². The molecule has 2 aromatic carbocycles. The monoisotopic (exact) mass is 394 g/mol. The molecular weight excluding hydrogens is 376 g/mol. The first-order valence-corrected chi connectivity index (χ1v) is 10.1. The number of aromatic nitrogens is 1. The van der Waals surface area contributed by atoms with Crippen LogP contribution in [0, 0.1) is 6.92 Å². The number of anilines is 1. The molecule has 7 nitrogen and oxygen atoms in total. The zero-order valence-corrected chi connectivity index (χ0v) is 15.8. The fourth-order valence-corrected chi connectivity index (χ4v) is 4.07. The summed E-state index contributed by atoms with van der Waals surface area (Å²) in [7, 11) is -3.96. The van der Waals surface area contributed by atoms with E-state index >= 15 is 0 Å². The number of pyridine rings is 1. The smallest absolute Gasteiger partial charge is 0.273 e. The molecule has 2 heterocycles. The molecule has 0 fully saturated rings. The lowest BCUT2D eigenvalue weighted by molar-refractivity contribution is 0.0632.